The highest BCUT2D eigenvalue weighted by Gasteiger charge is 2.37. The van der Waals surface area contributed by atoms with Crippen LogP contribution in [0.15, 0.2) is 65.4 Å². The average molecular weight is 463 g/mol. The van der Waals surface area contributed by atoms with E-state index in [-0.39, 0.29) is 34.9 Å². The molecule has 8 heteroatoms. The standard InChI is InChI=1S/C26H24F2N4O2/c1-3-6-24-19-8-5-4-7-18(19)21(16-13-29-31(2)14-16)15-32(24)26(33)23-12-25(34-30-23)20-10-9-17(27)11-22(20)28/h4-5,7-14,21,24H,3,6,15H2,1-2H3. The van der Waals surface area contributed by atoms with Crippen LogP contribution in [0, 0.1) is 11.6 Å². The minimum Gasteiger partial charge on any atom is -0.355 e. The monoisotopic (exact) mass is 462 g/mol. The highest BCUT2D eigenvalue weighted by Crippen LogP contribution is 2.42. The maximum Gasteiger partial charge on any atom is 0.276 e. The predicted octanol–water partition coefficient (Wildman–Crippen LogP) is 5.48. The number of hydrogen-bond acceptors (Lipinski definition) is 4. The van der Waals surface area contributed by atoms with Gasteiger partial charge in [-0.15, -0.1) is 0 Å². The second-order valence-corrected chi connectivity index (χ2v) is 8.59. The van der Waals surface area contributed by atoms with Crippen molar-refractivity contribution in [2.75, 3.05) is 6.54 Å². The largest absolute Gasteiger partial charge is 0.355 e. The Labute approximate surface area is 195 Å². The van der Waals surface area contributed by atoms with Gasteiger partial charge in [0.25, 0.3) is 5.91 Å². The number of halogens is 2. The van der Waals surface area contributed by atoms with E-state index in [1.54, 1.807) is 4.68 Å². The molecule has 0 aliphatic carbocycles. The van der Waals surface area contributed by atoms with Gasteiger partial charge in [-0.2, -0.15) is 5.10 Å². The first kappa shape index (κ1) is 22.0. The fourth-order valence-electron chi connectivity index (χ4n) is 4.78. The maximum atomic E-state index is 14.2. The lowest BCUT2D eigenvalue weighted by Crippen LogP contribution is -2.42. The molecular weight excluding hydrogens is 438 g/mol. The van der Waals surface area contributed by atoms with Crippen LogP contribution in [-0.2, 0) is 7.05 Å². The number of aromatic nitrogens is 3. The maximum absolute atomic E-state index is 14.2. The zero-order valence-corrected chi connectivity index (χ0v) is 18.9. The van der Waals surface area contributed by atoms with E-state index >= 15 is 0 Å². The highest BCUT2D eigenvalue weighted by atomic mass is 19.1. The molecule has 0 saturated carbocycles. The van der Waals surface area contributed by atoms with Crippen molar-refractivity contribution in [3.63, 3.8) is 0 Å². The molecule has 5 rings (SSSR count). The Morgan fingerprint density at radius 3 is 2.65 bits per heavy atom. The zero-order chi connectivity index (χ0) is 23.8. The third-order valence-corrected chi connectivity index (χ3v) is 6.36. The predicted molar refractivity (Wildman–Crippen MR) is 122 cm³/mol. The van der Waals surface area contributed by atoms with Crippen LogP contribution in [0.2, 0.25) is 0 Å². The molecule has 1 amide bonds. The molecule has 6 nitrogen and oxygen atoms in total. The summed E-state index contributed by atoms with van der Waals surface area (Å²) in [5.74, 6) is -1.72. The Balaban J connectivity index is 1.53. The molecule has 2 aromatic carbocycles. The molecule has 34 heavy (non-hydrogen) atoms. The van der Waals surface area contributed by atoms with E-state index < -0.39 is 11.6 Å². The van der Waals surface area contributed by atoms with E-state index in [2.05, 4.69) is 29.3 Å². The van der Waals surface area contributed by atoms with Gasteiger partial charge in [0.2, 0.25) is 0 Å². The number of amides is 1. The molecular formula is C26H24F2N4O2. The topological polar surface area (TPSA) is 64.2 Å². The lowest BCUT2D eigenvalue weighted by atomic mass is 9.81. The van der Waals surface area contributed by atoms with Crippen LogP contribution >= 0.6 is 0 Å². The fraction of sp³-hybridized carbons (Fsp3) is 0.269. The van der Waals surface area contributed by atoms with E-state index in [4.69, 9.17) is 4.52 Å². The Kier molecular flexibility index (Phi) is 5.73. The van der Waals surface area contributed by atoms with Crippen molar-refractivity contribution in [2.45, 2.75) is 31.7 Å². The van der Waals surface area contributed by atoms with Gasteiger partial charge in [-0.3, -0.25) is 9.48 Å². The van der Waals surface area contributed by atoms with Crippen molar-refractivity contribution in [1.29, 1.82) is 0 Å². The summed E-state index contributed by atoms with van der Waals surface area (Å²) in [4.78, 5) is 15.5. The molecule has 0 radical (unpaired) electrons. The molecule has 2 aromatic heterocycles. The van der Waals surface area contributed by atoms with Gasteiger partial charge in [-0.25, -0.2) is 8.78 Å². The lowest BCUT2D eigenvalue weighted by molar-refractivity contribution is 0.0625. The molecule has 1 aliphatic heterocycles. The molecule has 2 unspecified atom stereocenters. The molecule has 4 aromatic rings. The van der Waals surface area contributed by atoms with Gasteiger partial charge in [0, 0.05) is 37.8 Å². The highest BCUT2D eigenvalue weighted by molar-refractivity contribution is 5.93. The summed E-state index contributed by atoms with van der Waals surface area (Å²) in [6.45, 7) is 2.54. The Bertz CT molecular complexity index is 1350. The lowest BCUT2D eigenvalue weighted by Gasteiger charge is -2.41. The normalized spacial score (nSPS) is 17.6. The number of carbonyl (C=O) groups excluding carboxylic acids is 1. The number of carbonyl (C=O) groups is 1. The fourth-order valence-corrected chi connectivity index (χ4v) is 4.78. The van der Waals surface area contributed by atoms with Gasteiger partial charge >= 0.3 is 0 Å². The molecule has 0 spiro atoms. The third kappa shape index (κ3) is 3.89. The van der Waals surface area contributed by atoms with Crippen LogP contribution in [0.25, 0.3) is 11.3 Å². The van der Waals surface area contributed by atoms with Crippen molar-refractivity contribution >= 4 is 5.91 Å². The molecule has 0 N–H and O–H groups in total. The summed E-state index contributed by atoms with van der Waals surface area (Å²) in [6.07, 6.45) is 5.48. The Morgan fingerprint density at radius 1 is 1.15 bits per heavy atom. The van der Waals surface area contributed by atoms with Crippen LogP contribution < -0.4 is 0 Å². The number of fused-ring (bicyclic) bond motifs is 1. The summed E-state index contributed by atoms with van der Waals surface area (Å²) in [7, 11) is 1.87. The number of hydrogen-bond donors (Lipinski definition) is 0. The minimum atomic E-state index is -0.775. The van der Waals surface area contributed by atoms with Crippen molar-refractivity contribution in [2.24, 2.45) is 7.05 Å². The van der Waals surface area contributed by atoms with E-state index in [0.29, 0.717) is 6.54 Å². The molecule has 174 valence electrons. The molecule has 2 atom stereocenters. The van der Waals surface area contributed by atoms with Gasteiger partial charge in [-0.05, 0) is 35.2 Å². The van der Waals surface area contributed by atoms with Crippen molar-refractivity contribution in [3.05, 3.63) is 94.9 Å². The molecule has 1 aliphatic rings. The summed E-state index contributed by atoms with van der Waals surface area (Å²) in [5.41, 5.74) is 3.45. The zero-order valence-electron chi connectivity index (χ0n) is 18.9. The van der Waals surface area contributed by atoms with Gasteiger partial charge in [-0.1, -0.05) is 42.8 Å². The minimum absolute atomic E-state index is 0.0390. The van der Waals surface area contributed by atoms with Gasteiger partial charge in [0.05, 0.1) is 17.8 Å². The van der Waals surface area contributed by atoms with Crippen LogP contribution in [0.1, 0.15) is 58.9 Å². The molecule has 0 saturated heterocycles. The summed E-state index contributed by atoms with van der Waals surface area (Å²) in [6, 6.07) is 12.7. The smallest absolute Gasteiger partial charge is 0.276 e. The second kappa shape index (κ2) is 8.85. The van der Waals surface area contributed by atoms with Gasteiger partial charge in [0.1, 0.15) is 11.6 Å². The number of benzene rings is 2. The first-order valence-electron chi connectivity index (χ1n) is 11.3. The third-order valence-electron chi connectivity index (χ3n) is 6.36. The number of aryl methyl sites for hydroxylation is 1. The SMILES string of the molecule is CCCC1c2ccccc2C(c2cnn(C)c2)CN1C(=O)c1cc(-c2ccc(F)cc2F)on1. The van der Waals surface area contributed by atoms with E-state index in [1.165, 1.54) is 17.7 Å². The molecule has 0 fully saturated rings. The van der Waals surface area contributed by atoms with Crippen LogP contribution in [-0.4, -0.2) is 32.3 Å². The summed E-state index contributed by atoms with van der Waals surface area (Å²) >= 11 is 0. The van der Waals surface area contributed by atoms with Crippen molar-refractivity contribution < 1.29 is 18.1 Å². The van der Waals surface area contributed by atoms with E-state index in [0.717, 1.165) is 36.1 Å². The first-order chi connectivity index (χ1) is 16.5. The quantitative estimate of drug-likeness (QED) is 0.394. The van der Waals surface area contributed by atoms with Gasteiger partial charge in [0.15, 0.2) is 11.5 Å². The first-order valence-corrected chi connectivity index (χ1v) is 11.3. The summed E-state index contributed by atoms with van der Waals surface area (Å²) in [5, 5.41) is 8.26. The van der Waals surface area contributed by atoms with Gasteiger partial charge < -0.3 is 9.42 Å². The summed E-state index contributed by atoms with van der Waals surface area (Å²) < 4.78 is 34.6. The van der Waals surface area contributed by atoms with Crippen molar-refractivity contribution in [1.82, 2.24) is 19.8 Å². The van der Waals surface area contributed by atoms with Crippen LogP contribution in [0.4, 0.5) is 8.78 Å². The van der Waals surface area contributed by atoms with Crippen LogP contribution in [0.3, 0.4) is 0 Å². The average Bonchev–Trinajstić information content (AvgIpc) is 3.48. The Morgan fingerprint density at radius 2 is 1.94 bits per heavy atom. The number of nitrogens with zero attached hydrogens (tertiary/aromatic N) is 4. The Hall–Kier alpha value is -3.81. The molecule has 3 heterocycles. The molecule has 0 bridgehead atoms. The number of rotatable bonds is 5. The van der Waals surface area contributed by atoms with E-state index in [9.17, 15) is 13.6 Å². The van der Waals surface area contributed by atoms with Crippen LogP contribution in [0.5, 0.6) is 0 Å². The second-order valence-electron chi connectivity index (χ2n) is 8.59. The van der Waals surface area contributed by atoms with Crippen molar-refractivity contribution in [3.8, 4) is 11.3 Å². The van der Waals surface area contributed by atoms with E-state index in [1.807, 2.05) is 36.5 Å².